The maximum atomic E-state index is 11.7. The van der Waals surface area contributed by atoms with Gasteiger partial charge in [0, 0.05) is 30.7 Å². The van der Waals surface area contributed by atoms with E-state index in [0.29, 0.717) is 24.6 Å². The number of aliphatic carboxylic acids is 1. The van der Waals surface area contributed by atoms with Crippen molar-refractivity contribution in [2.75, 3.05) is 12.3 Å². The Morgan fingerprint density at radius 2 is 1.83 bits per heavy atom. The van der Waals surface area contributed by atoms with Gasteiger partial charge in [-0.3, -0.25) is 9.59 Å². The summed E-state index contributed by atoms with van der Waals surface area (Å²) in [7, 11) is 0. The molecule has 0 aromatic heterocycles. The molecule has 0 saturated carbocycles. The molecule has 1 aliphatic heterocycles. The molecule has 0 radical (unpaired) electrons. The number of carboxylic acid groups (broad SMARTS) is 1. The summed E-state index contributed by atoms with van der Waals surface area (Å²) in [6.07, 6.45) is 6.74. The minimum absolute atomic E-state index is 0.0547. The Balaban J connectivity index is 1.99. The molecule has 2 atom stereocenters. The van der Waals surface area contributed by atoms with Crippen LogP contribution in [0.2, 0.25) is 0 Å². The number of hydrogen-bond acceptors (Lipinski definition) is 4. The number of nitrogens with two attached hydrogens (primary N) is 1. The van der Waals surface area contributed by atoms with E-state index in [1.807, 2.05) is 11.8 Å². The highest BCUT2D eigenvalue weighted by molar-refractivity contribution is 8.00. The smallest absolute Gasteiger partial charge is 0.312 e. The monoisotopic (exact) mass is 359 g/mol. The van der Waals surface area contributed by atoms with Crippen LogP contribution in [-0.4, -0.2) is 46.6 Å². The summed E-state index contributed by atoms with van der Waals surface area (Å²) in [5, 5.41) is 14.6. The van der Waals surface area contributed by atoms with Gasteiger partial charge < -0.3 is 21.5 Å². The van der Waals surface area contributed by atoms with E-state index in [2.05, 4.69) is 10.6 Å². The first-order valence-electron chi connectivity index (χ1n) is 8.65. The van der Waals surface area contributed by atoms with Gasteiger partial charge in [-0.2, -0.15) is 11.8 Å². The Morgan fingerprint density at radius 3 is 2.54 bits per heavy atom. The van der Waals surface area contributed by atoms with Crippen molar-refractivity contribution in [3.05, 3.63) is 0 Å². The van der Waals surface area contributed by atoms with Crippen LogP contribution in [0.3, 0.4) is 0 Å². The zero-order chi connectivity index (χ0) is 17.8. The molecule has 24 heavy (non-hydrogen) atoms. The van der Waals surface area contributed by atoms with E-state index >= 15 is 0 Å². The Morgan fingerprint density at radius 1 is 1.08 bits per heavy atom. The normalized spacial score (nSPS) is 19.8. The second-order valence-corrected chi connectivity index (χ2v) is 7.46. The molecule has 1 rings (SSSR count). The molecule has 0 bridgehead atoms. The predicted octanol–water partition coefficient (Wildman–Crippen LogP) is 1.85. The molecule has 1 saturated heterocycles. The van der Waals surface area contributed by atoms with Crippen LogP contribution in [0.25, 0.3) is 0 Å². The lowest BCUT2D eigenvalue weighted by Crippen LogP contribution is -2.42. The van der Waals surface area contributed by atoms with Gasteiger partial charge in [0.15, 0.2) is 0 Å². The molecule has 5 N–H and O–H groups in total. The number of unbranched alkanes of at least 4 members (excludes halogenated alkanes) is 3. The molecule has 0 aliphatic carbocycles. The molecule has 7 nitrogen and oxygen atoms in total. The van der Waals surface area contributed by atoms with Gasteiger partial charge in [0.05, 0.1) is 0 Å². The molecule has 0 aromatic rings. The first-order valence-corrected chi connectivity index (χ1v) is 9.70. The molecular formula is C16H29N3O4S. The van der Waals surface area contributed by atoms with Crippen LogP contribution in [0, 0.1) is 0 Å². The number of hydrogen-bond donors (Lipinski definition) is 4. The van der Waals surface area contributed by atoms with Gasteiger partial charge in [0.2, 0.25) is 5.91 Å². The van der Waals surface area contributed by atoms with E-state index in [0.717, 1.165) is 44.3 Å². The van der Waals surface area contributed by atoms with Crippen molar-refractivity contribution in [2.24, 2.45) is 5.73 Å². The topological polar surface area (TPSA) is 122 Å². The highest BCUT2D eigenvalue weighted by atomic mass is 32.2. The molecule has 1 heterocycles. The van der Waals surface area contributed by atoms with Crippen molar-refractivity contribution in [3.8, 4) is 0 Å². The zero-order valence-electron chi connectivity index (χ0n) is 14.1. The van der Waals surface area contributed by atoms with E-state index in [1.165, 1.54) is 0 Å². The molecule has 0 spiro atoms. The van der Waals surface area contributed by atoms with Gasteiger partial charge in [-0.05, 0) is 37.9 Å². The SMILES string of the molecule is NC(=O)N[C@H]1CCS[C@H]1CCCCC(=O)NCCCCCC(=O)O. The van der Waals surface area contributed by atoms with Crippen molar-refractivity contribution >= 4 is 29.7 Å². The van der Waals surface area contributed by atoms with Crippen molar-refractivity contribution < 1.29 is 19.5 Å². The second kappa shape index (κ2) is 12.0. The van der Waals surface area contributed by atoms with Gasteiger partial charge in [-0.1, -0.05) is 12.8 Å². The van der Waals surface area contributed by atoms with Crippen molar-refractivity contribution in [1.82, 2.24) is 10.6 Å². The molecule has 0 aromatic carbocycles. The van der Waals surface area contributed by atoms with Crippen LogP contribution in [0.15, 0.2) is 0 Å². The molecule has 8 heteroatoms. The van der Waals surface area contributed by atoms with Gasteiger partial charge in [0.1, 0.15) is 0 Å². The Hall–Kier alpha value is -1.44. The van der Waals surface area contributed by atoms with Crippen LogP contribution >= 0.6 is 11.8 Å². The lowest BCUT2D eigenvalue weighted by atomic mass is 10.0. The number of urea groups is 1. The van der Waals surface area contributed by atoms with E-state index in [1.54, 1.807) is 0 Å². The van der Waals surface area contributed by atoms with Crippen LogP contribution in [-0.2, 0) is 9.59 Å². The van der Waals surface area contributed by atoms with Crippen molar-refractivity contribution in [2.45, 2.75) is 69.1 Å². The number of thioether (sulfide) groups is 1. The molecule has 1 aliphatic rings. The summed E-state index contributed by atoms with van der Waals surface area (Å²) in [4.78, 5) is 33.0. The second-order valence-electron chi connectivity index (χ2n) is 6.11. The molecule has 3 amide bonds. The number of carbonyl (C=O) groups excluding carboxylic acids is 2. The molecule has 138 valence electrons. The lowest BCUT2D eigenvalue weighted by Gasteiger charge is -2.18. The van der Waals surface area contributed by atoms with Crippen molar-refractivity contribution in [1.29, 1.82) is 0 Å². The van der Waals surface area contributed by atoms with Gasteiger partial charge >= 0.3 is 12.0 Å². The maximum absolute atomic E-state index is 11.7. The molecule has 1 fully saturated rings. The maximum Gasteiger partial charge on any atom is 0.312 e. The molecular weight excluding hydrogens is 330 g/mol. The number of rotatable bonds is 12. The Kier molecular flexibility index (Phi) is 10.3. The lowest BCUT2D eigenvalue weighted by molar-refractivity contribution is -0.137. The van der Waals surface area contributed by atoms with Crippen LogP contribution in [0.1, 0.15) is 57.8 Å². The number of nitrogens with one attached hydrogen (secondary N) is 2. The highest BCUT2D eigenvalue weighted by Crippen LogP contribution is 2.30. The number of primary amides is 1. The zero-order valence-corrected chi connectivity index (χ0v) is 14.9. The Bertz CT molecular complexity index is 420. The summed E-state index contributed by atoms with van der Waals surface area (Å²) in [5.74, 6) is 0.324. The number of carboxylic acids is 1. The predicted molar refractivity (Wildman–Crippen MR) is 95.0 cm³/mol. The summed E-state index contributed by atoms with van der Waals surface area (Å²) in [6, 6.07) is -0.303. The first-order chi connectivity index (χ1) is 11.5. The third-order valence-electron chi connectivity index (χ3n) is 4.07. The highest BCUT2D eigenvalue weighted by Gasteiger charge is 2.28. The summed E-state index contributed by atoms with van der Waals surface area (Å²) < 4.78 is 0. The minimum Gasteiger partial charge on any atom is -0.481 e. The van der Waals surface area contributed by atoms with E-state index < -0.39 is 12.0 Å². The third-order valence-corrected chi connectivity index (χ3v) is 5.53. The fraction of sp³-hybridized carbons (Fsp3) is 0.812. The van der Waals surface area contributed by atoms with Gasteiger partial charge in [-0.25, -0.2) is 4.79 Å². The van der Waals surface area contributed by atoms with E-state index in [4.69, 9.17) is 10.8 Å². The standard InChI is InChI=1S/C16H29N3O4S/c17-16(23)19-12-9-11-24-13(12)6-3-4-7-14(20)18-10-5-1-2-8-15(21)22/h12-13H,1-11H2,(H,18,20)(H,21,22)(H3,17,19,23)/t12-,13-/m0/s1. The van der Waals surface area contributed by atoms with Gasteiger partial charge in [-0.15, -0.1) is 0 Å². The van der Waals surface area contributed by atoms with Gasteiger partial charge in [0.25, 0.3) is 0 Å². The average molecular weight is 359 g/mol. The van der Waals surface area contributed by atoms with Crippen LogP contribution in [0.5, 0.6) is 0 Å². The summed E-state index contributed by atoms with van der Waals surface area (Å²) in [6.45, 7) is 0.613. The fourth-order valence-electron chi connectivity index (χ4n) is 2.81. The summed E-state index contributed by atoms with van der Waals surface area (Å²) >= 11 is 1.86. The quantitative estimate of drug-likeness (QED) is 0.396. The number of carbonyl (C=O) groups is 3. The van der Waals surface area contributed by atoms with E-state index in [-0.39, 0.29) is 18.4 Å². The van der Waals surface area contributed by atoms with E-state index in [9.17, 15) is 14.4 Å². The minimum atomic E-state index is -0.771. The van der Waals surface area contributed by atoms with Crippen molar-refractivity contribution in [3.63, 3.8) is 0 Å². The average Bonchev–Trinajstić information content (AvgIpc) is 2.93. The largest absolute Gasteiger partial charge is 0.481 e. The fourth-order valence-corrected chi connectivity index (χ4v) is 4.27. The third kappa shape index (κ3) is 9.64. The number of amides is 3. The molecule has 0 unspecified atom stereocenters. The Labute approximate surface area is 147 Å². The van der Waals surface area contributed by atoms with Crippen LogP contribution < -0.4 is 16.4 Å². The summed E-state index contributed by atoms with van der Waals surface area (Å²) in [5.41, 5.74) is 5.18. The first kappa shape index (κ1) is 20.6. The van der Waals surface area contributed by atoms with Crippen LogP contribution in [0.4, 0.5) is 4.79 Å².